The highest BCUT2D eigenvalue weighted by molar-refractivity contribution is 8.00. The van der Waals surface area contributed by atoms with Crippen LogP contribution in [0.4, 0.5) is 5.69 Å². The third kappa shape index (κ3) is 4.12. The predicted molar refractivity (Wildman–Crippen MR) is 94.7 cm³/mol. The summed E-state index contributed by atoms with van der Waals surface area (Å²) in [5.74, 6) is 0.264. The molecule has 0 spiro atoms. The van der Waals surface area contributed by atoms with Gasteiger partial charge in [0.1, 0.15) is 6.33 Å². The lowest BCUT2D eigenvalue weighted by molar-refractivity contribution is -0.113. The van der Waals surface area contributed by atoms with E-state index in [1.807, 2.05) is 49.4 Å². The molecule has 0 radical (unpaired) electrons. The molecule has 1 amide bonds. The van der Waals surface area contributed by atoms with Crippen LogP contribution in [0.2, 0.25) is 5.02 Å². The molecule has 0 aliphatic heterocycles. The highest BCUT2D eigenvalue weighted by Gasteiger charge is 2.07. The zero-order valence-corrected chi connectivity index (χ0v) is 14.4. The normalized spacial score (nSPS) is 10.6. The summed E-state index contributed by atoms with van der Waals surface area (Å²) in [6, 6.07) is 13.0. The summed E-state index contributed by atoms with van der Waals surface area (Å²) < 4.78 is 1.58. The summed E-state index contributed by atoms with van der Waals surface area (Å²) in [6.07, 6.45) is 1.53. The van der Waals surface area contributed by atoms with Crippen molar-refractivity contribution in [3.63, 3.8) is 0 Å². The molecule has 1 heterocycles. The molecule has 0 fully saturated rings. The Hall–Kier alpha value is -2.38. The number of hydrogen-bond donors (Lipinski definition) is 1. The Morgan fingerprint density at radius 1 is 1.25 bits per heavy atom. The Labute approximate surface area is 148 Å². The summed E-state index contributed by atoms with van der Waals surface area (Å²) in [5.41, 5.74) is 2.57. The van der Waals surface area contributed by atoms with E-state index < -0.39 is 0 Å². The van der Waals surface area contributed by atoms with Gasteiger partial charge in [0.15, 0.2) is 0 Å². The molecular formula is C16H14ClN5OS. The number of halogens is 1. The lowest BCUT2D eigenvalue weighted by Crippen LogP contribution is -2.14. The van der Waals surface area contributed by atoms with Crippen LogP contribution in [0.1, 0.15) is 5.56 Å². The minimum atomic E-state index is -0.0653. The van der Waals surface area contributed by atoms with Crippen LogP contribution in [0.25, 0.3) is 5.69 Å². The van der Waals surface area contributed by atoms with Crippen LogP contribution in [0.5, 0.6) is 0 Å². The van der Waals surface area contributed by atoms with Crippen LogP contribution < -0.4 is 5.32 Å². The van der Waals surface area contributed by atoms with Gasteiger partial charge < -0.3 is 5.32 Å². The minimum Gasteiger partial charge on any atom is -0.325 e. The summed E-state index contributed by atoms with van der Waals surface area (Å²) in [6.45, 7) is 1.94. The number of nitrogens with one attached hydrogen (secondary N) is 1. The van der Waals surface area contributed by atoms with Crippen molar-refractivity contribution in [3.05, 3.63) is 59.4 Å². The summed E-state index contributed by atoms with van der Waals surface area (Å²) in [5, 5.41) is 14.7. The highest BCUT2D eigenvalue weighted by atomic mass is 35.5. The second kappa shape index (κ2) is 7.46. The van der Waals surface area contributed by atoms with Crippen molar-refractivity contribution in [2.24, 2.45) is 0 Å². The third-order valence-electron chi connectivity index (χ3n) is 3.26. The first-order valence-corrected chi connectivity index (χ1v) is 8.50. The number of thioether (sulfide) groups is 1. The number of aromatic nitrogens is 4. The van der Waals surface area contributed by atoms with Gasteiger partial charge in [-0.15, -0.1) is 16.9 Å². The maximum Gasteiger partial charge on any atom is 0.234 e. The summed E-state index contributed by atoms with van der Waals surface area (Å²) in [4.78, 5) is 13.1. The number of tetrazole rings is 1. The highest BCUT2D eigenvalue weighted by Crippen LogP contribution is 2.21. The molecule has 0 aliphatic carbocycles. The minimum absolute atomic E-state index is 0.0653. The van der Waals surface area contributed by atoms with Crippen molar-refractivity contribution in [1.29, 1.82) is 0 Å². The molecule has 8 heteroatoms. The van der Waals surface area contributed by atoms with E-state index in [0.717, 1.165) is 21.8 Å². The second-order valence-corrected chi connectivity index (χ2v) is 6.53. The molecule has 24 heavy (non-hydrogen) atoms. The number of amides is 1. The van der Waals surface area contributed by atoms with Crippen LogP contribution in [-0.4, -0.2) is 31.9 Å². The molecule has 0 unspecified atom stereocenters. The molecule has 1 aromatic heterocycles. The number of hydrogen-bond acceptors (Lipinski definition) is 5. The maximum absolute atomic E-state index is 12.1. The number of benzene rings is 2. The number of anilines is 1. The molecule has 0 saturated heterocycles. The van der Waals surface area contributed by atoms with E-state index in [2.05, 4.69) is 20.8 Å². The van der Waals surface area contributed by atoms with Gasteiger partial charge in [-0.3, -0.25) is 4.79 Å². The largest absolute Gasteiger partial charge is 0.325 e. The zero-order chi connectivity index (χ0) is 16.9. The third-order valence-corrected chi connectivity index (χ3v) is 4.52. The fourth-order valence-corrected chi connectivity index (χ4v) is 2.96. The smallest absolute Gasteiger partial charge is 0.234 e. The molecule has 0 bridgehead atoms. The zero-order valence-electron chi connectivity index (χ0n) is 12.8. The van der Waals surface area contributed by atoms with E-state index in [1.165, 1.54) is 18.1 Å². The van der Waals surface area contributed by atoms with E-state index >= 15 is 0 Å². The fourth-order valence-electron chi connectivity index (χ4n) is 2.14. The quantitative estimate of drug-likeness (QED) is 0.707. The van der Waals surface area contributed by atoms with Gasteiger partial charge >= 0.3 is 0 Å². The van der Waals surface area contributed by atoms with Gasteiger partial charge in [0.05, 0.1) is 11.4 Å². The lowest BCUT2D eigenvalue weighted by Gasteiger charge is -2.09. The average Bonchev–Trinajstić information content (AvgIpc) is 3.09. The molecule has 3 aromatic rings. The van der Waals surface area contributed by atoms with Crippen molar-refractivity contribution in [3.8, 4) is 5.69 Å². The van der Waals surface area contributed by atoms with Crippen molar-refractivity contribution < 1.29 is 4.79 Å². The molecule has 3 rings (SSSR count). The monoisotopic (exact) mass is 359 g/mol. The van der Waals surface area contributed by atoms with Crippen LogP contribution in [0.3, 0.4) is 0 Å². The molecule has 6 nitrogen and oxygen atoms in total. The molecule has 0 saturated carbocycles. The van der Waals surface area contributed by atoms with E-state index in [4.69, 9.17) is 11.6 Å². The van der Waals surface area contributed by atoms with Crippen molar-refractivity contribution in [2.45, 2.75) is 11.8 Å². The summed E-state index contributed by atoms with van der Waals surface area (Å²) in [7, 11) is 0. The fraction of sp³-hybridized carbons (Fsp3) is 0.125. The van der Waals surface area contributed by atoms with Crippen LogP contribution in [-0.2, 0) is 4.79 Å². The molecule has 1 N–H and O–H groups in total. The van der Waals surface area contributed by atoms with E-state index in [1.54, 1.807) is 4.68 Å². The number of nitrogens with zero attached hydrogens (tertiary/aromatic N) is 4. The van der Waals surface area contributed by atoms with Crippen molar-refractivity contribution in [2.75, 3.05) is 11.1 Å². The Bertz CT molecular complexity index is 836. The molecule has 0 aliphatic rings. The van der Waals surface area contributed by atoms with Gasteiger partial charge in [0.25, 0.3) is 0 Å². The summed E-state index contributed by atoms with van der Waals surface area (Å²) >= 11 is 7.30. The first-order chi connectivity index (χ1) is 11.6. The number of aryl methyl sites for hydroxylation is 1. The van der Waals surface area contributed by atoms with Gasteiger partial charge in [-0.25, -0.2) is 4.68 Å². The topological polar surface area (TPSA) is 72.7 Å². The SMILES string of the molecule is Cc1cc(NC(=O)CSc2ccc(Cl)cc2)ccc1-n1cnnn1. The van der Waals surface area contributed by atoms with Gasteiger partial charge in [-0.05, 0) is 65.4 Å². The number of carbonyl (C=O) groups excluding carboxylic acids is 1. The first kappa shape index (κ1) is 16.5. The van der Waals surface area contributed by atoms with Crippen molar-refractivity contribution in [1.82, 2.24) is 20.2 Å². The van der Waals surface area contributed by atoms with Crippen molar-refractivity contribution >= 4 is 35.0 Å². The Kier molecular flexibility index (Phi) is 5.12. The lowest BCUT2D eigenvalue weighted by atomic mass is 10.2. The van der Waals surface area contributed by atoms with Gasteiger partial charge in [0.2, 0.25) is 5.91 Å². The predicted octanol–water partition coefficient (Wildman–Crippen LogP) is 3.35. The van der Waals surface area contributed by atoms with Crippen LogP contribution in [0, 0.1) is 6.92 Å². The van der Waals surface area contributed by atoms with Gasteiger partial charge in [-0.1, -0.05) is 11.6 Å². The first-order valence-electron chi connectivity index (χ1n) is 7.14. The average molecular weight is 360 g/mol. The van der Waals surface area contributed by atoms with E-state index in [0.29, 0.717) is 10.8 Å². The standard InChI is InChI=1S/C16H14ClN5OS/c1-11-8-13(4-7-15(11)22-10-18-20-21-22)19-16(23)9-24-14-5-2-12(17)3-6-14/h2-8,10H,9H2,1H3,(H,19,23). The number of rotatable bonds is 5. The van der Waals surface area contributed by atoms with Crippen LogP contribution >= 0.6 is 23.4 Å². The van der Waals surface area contributed by atoms with Crippen LogP contribution in [0.15, 0.2) is 53.7 Å². The molecular weight excluding hydrogens is 346 g/mol. The Morgan fingerprint density at radius 3 is 2.71 bits per heavy atom. The second-order valence-electron chi connectivity index (χ2n) is 5.05. The van der Waals surface area contributed by atoms with E-state index in [9.17, 15) is 4.79 Å². The van der Waals surface area contributed by atoms with Gasteiger partial charge in [-0.2, -0.15) is 0 Å². The molecule has 2 aromatic carbocycles. The maximum atomic E-state index is 12.1. The molecule has 122 valence electrons. The van der Waals surface area contributed by atoms with E-state index in [-0.39, 0.29) is 5.91 Å². The van der Waals surface area contributed by atoms with Gasteiger partial charge in [0, 0.05) is 15.6 Å². The molecule has 0 atom stereocenters. The Balaban J connectivity index is 1.60. The Morgan fingerprint density at radius 2 is 2.04 bits per heavy atom. The number of carbonyl (C=O) groups is 1.